The van der Waals surface area contributed by atoms with E-state index >= 15 is 0 Å². The first-order chi connectivity index (χ1) is 11.1. The molecule has 1 aromatic heterocycles. The average molecular weight is 366 g/mol. The fourth-order valence-corrected chi connectivity index (χ4v) is 3.49. The minimum absolute atomic E-state index is 0.135. The van der Waals surface area contributed by atoms with Gasteiger partial charge in [0.2, 0.25) is 5.91 Å². The number of carbonyl (C=O) groups is 1. The summed E-state index contributed by atoms with van der Waals surface area (Å²) in [6, 6.07) is 6.90. The smallest absolute Gasteiger partial charge is 0.237 e. The Labute approximate surface area is 152 Å². The molecule has 1 heterocycles. The quantitative estimate of drug-likeness (QED) is 0.847. The molecule has 2 aromatic rings. The molecule has 6 heteroatoms. The predicted molar refractivity (Wildman–Crippen MR) is 101 cm³/mol. The van der Waals surface area contributed by atoms with Gasteiger partial charge in [0.05, 0.1) is 22.7 Å². The summed E-state index contributed by atoms with van der Waals surface area (Å²) in [6.07, 6.45) is 0. The molecule has 2 rings (SSSR count). The van der Waals surface area contributed by atoms with Gasteiger partial charge >= 0.3 is 0 Å². The van der Waals surface area contributed by atoms with Crippen LogP contribution in [0.1, 0.15) is 44.3 Å². The lowest BCUT2D eigenvalue weighted by atomic mass is 9.87. The van der Waals surface area contributed by atoms with Crippen LogP contribution >= 0.6 is 22.9 Å². The number of nitrogens with one attached hydrogen (secondary N) is 1. The number of thiazole rings is 1. The zero-order valence-corrected chi connectivity index (χ0v) is 16.3. The van der Waals surface area contributed by atoms with Gasteiger partial charge in [-0.15, -0.1) is 11.3 Å². The number of aromatic nitrogens is 1. The number of rotatable bonds is 4. The molecule has 4 nitrogen and oxygen atoms in total. The van der Waals surface area contributed by atoms with Gasteiger partial charge in [0.1, 0.15) is 5.01 Å². The Balaban J connectivity index is 2.17. The average Bonchev–Trinajstić information content (AvgIpc) is 2.88. The second-order valence-electron chi connectivity index (χ2n) is 7.05. The Kier molecular flexibility index (Phi) is 5.68. The third kappa shape index (κ3) is 4.35. The molecule has 0 aliphatic carbocycles. The maximum absolute atomic E-state index is 12.3. The fraction of sp³-hybridized carbons (Fsp3) is 0.444. The summed E-state index contributed by atoms with van der Waals surface area (Å²) in [5, 5.41) is 4.62. The van der Waals surface area contributed by atoms with Crippen LogP contribution < -0.4 is 11.1 Å². The molecule has 0 saturated heterocycles. The van der Waals surface area contributed by atoms with Gasteiger partial charge in [-0.25, -0.2) is 4.98 Å². The van der Waals surface area contributed by atoms with Crippen LogP contribution in [0.15, 0.2) is 24.3 Å². The van der Waals surface area contributed by atoms with Crippen molar-refractivity contribution in [3.8, 4) is 10.6 Å². The summed E-state index contributed by atoms with van der Waals surface area (Å²) in [5.41, 5.74) is 7.69. The SMILES string of the molecule is Cc1nc(-c2ccc(Cl)cc2)sc1C(C)NC(=O)[C@@H](N)C(C)(C)C. The maximum atomic E-state index is 12.3. The molecule has 1 unspecified atom stereocenters. The van der Waals surface area contributed by atoms with Crippen LogP contribution in [0.5, 0.6) is 0 Å². The number of aryl methyl sites for hydroxylation is 1. The van der Waals surface area contributed by atoms with Gasteiger partial charge in [0.15, 0.2) is 0 Å². The van der Waals surface area contributed by atoms with Crippen LogP contribution in [0.3, 0.4) is 0 Å². The van der Waals surface area contributed by atoms with Gasteiger partial charge in [-0.05, 0) is 31.4 Å². The van der Waals surface area contributed by atoms with Gasteiger partial charge in [0, 0.05) is 10.6 Å². The number of nitrogens with two attached hydrogens (primary N) is 1. The van der Waals surface area contributed by atoms with Gasteiger partial charge in [-0.1, -0.05) is 44.5 Å². The minimum Gasteiger partial charge on any atom is -0.347 e. The van der Waals surface area contributed by atoms with E-state index in [2.05, 4.69) is 10.3 Å². The molecule has 0 spiro atoms. The van der Waals surface area contributed by atoms with E-state index in [4.69, 9.17) is 17.3 Å². The number of hydrogen-bond acceptors (Lipinski definition) is 4. The van der Waals surface area contributed by atoms with E-state index in [-0.39, 0.29) is 17.4 Å². The Hall–Kier alpha value is -1.43. The topological polar surface area (TPSA) is 68.0 Å². The summed E-state index contributed by atoms with van der Waals surface area (Å²) in [5.74, 6) is -0.143. The zero-order valence-electron chi connectivity index (χ0n) is 14.7. The molecular weight excluding hydrogens is 342 g/mol. The summed E-state index contributed by atoms with van der Waals surface area (Å²) in [6.45, 7) is 9.78. The van der Waals surface area contributed by atoms with E-state index in [1.54, 1.807) is 11.3 Å². The van der Waals surface area contributed by atoms with Crippen molar-refractivity contribution in [3.63, 3.8) is 0 Å². The number of halogens is 1. The normalized spacial score (nSPS) is 14.3. The Bertz CT molecular complexity index is 719. The Morgan fingerprint density at radius 2 is 1.88 bits per heavy atom. The van der Waals surface area contributed by atoms with E-state index in [1.165, 1.54) is 0 Å². The third-order valence-corrected chi connectivity index (χ3v) is 5.53. The van der Waals surface area contributed by atoms with Gasteiger partial charge in [0.25, 0.3) is 0 Å². The van der Waals surface area contributed by atoms with Gasteiger partial charge in [-0.3, -0.25) is 4.79 Å². The zero-order chi connectivity index (χ0) is 18.1. The molecule has 0 fully saturated rings. The minimum atomic E-state index is -0.552. The van der Waals surface area contributed by atoms with E-state index in [0.717, 1.165) is 21.1 Å². The molecule has 0 aliphatic rings. The van der Waals surface area contributed by atoms with Crippen molar-refractivity contribution < 1.29 is 4.79 Å². The molecule has 2 atom stereocenters. The summed E-state index contributed by atoms with van der Waals surface area (Å²) in [7, 11) is 0. The first-order valence-electron chi connectivity index (χ1n) is 7.89. The first-order valence-corrected chi connectivity index (χ1v) is 9.08. The number of benzene rings is 1. The summed E-state index contributed by atoms with van der Waals surface area (Å²) in [4.78, 5) is 18.0. The first kappa shape index (κ1) is 18.9. The van der Waals surface area contributed by atoms with Crippen LogP contribution in [-0.2, 0) is 4.79 Å². The van der Waals surface area contributed by atoms with E-state index in [9.17, 15) is 4.79 Å². The molecule has 0 saturated carbocycles. The van der Waals surface area contributed by atoms with Crippen molar-refractivity contribution in [2.75, 3.05) is 0 Å². The van der Waals surface area contributed by atoms with Gasteiger partial charge in [-0.2, -0.15) is 0 Å². The highest BCUT2D eigenvalue weighted by atomic mass is 35.5. The standard InChI is InChI=1S/C18H24ClN3OS/c1-10(21-16(23)15(20)18(3,4)5)14-11(2)22-17(24-14)12-6-8-13(19)9-7-12/h6-10,15H,20H2,1-5H3,(H,21,23)/t10?,15-/m1/s1. The van der Waals surface area contributed by atoms with Crippen molar-refractivity contribution in [1.29, 1.82) is 0 Å². The maximum Gasteiger partial charge on any atom is 0.237 e. The second-order valence-corrected chi connectivity index (χ2v) is 8.52. The molecule has 130 valence electrons. The van der Waals surface area contributed by atoms with Crippen molar-refractivity contribution in [2.45, 2.75) is 46.7 Å². The van der Waals surface area contributed by atoms with E-state index in [1.807, 2.05) is 58.9 Å². The molecule has 3 N–H and O–H groups in total. The van der Waals surface area contributed by atoms with E-state index in [0.29, 0.717) is 5.02 Å². The number of amides is 1. The van der Waals surface area contributed by atoms with Crippen molar-refractivity contribution in [3.05, 3.63) is 39.9 Å². The highest BCUT2D eigenvalue weighted by molar-refractivity contribution is 7.15. The van der Waals surface area contributed by atoms with Crippen LogP contribution in [0.2, 0.25) is 5.02 Å². The third-order valence-electron chi connectivity index (χ3n) is 3.89. The highest BCUT2D eigenvalue weighted by Crippen LogP contribution is 2.32. The fourth-order valence-electron chi connectivity index (χ4n) is 2.29. The van der Waals surface area contributed by atoms with Crippen molar-refractivity contribution >= 4 is 28.8 Å². The largest absolute Gasteiger partial charge is 0.347 e. The number of carbonyl (C=O) groups excluding carboxylic acids is 1. The molecule has 0 aliphatic heterocycles. The monoisotopic (exact) mass is 365 g/mol. The van der Waals surface area contributed by atoms with Crippen LogP contribution in [0.4, 0.5) is 0 Å². The lowest BCUT2D eigenvalue weighted by Gasteiger charge is -2.27. The Morgan fingerprint density at radius 1 is 1.29 bits per heavy atom. The lowest BCUT2D eigenvalue weighted by Crippen LogP contribution is -2.49. The van der Waals surface area contributed by atoms with Crippen LogP contribution in [-0.4, -0.2) is 16.9 Å². The van der Waals surface area contributed by atoms with Gasteiger partial charge < -0.3 is 11.1 Å². The molecular formula is C18H24ClN3OS. The summed E-state index contributed by atoms with van der Waals surface area (Å²) < 4.78 is 0. The van der Waals surface area contributed by atoms with E-state index < -0.39 is 6.04 Å². The lowest BCUT2D eigenvalue weighted by molar-refractivity contribution is -0.125. The van der Waals surface area contributed by atoms with Crippen LogP contribution in [0, 0.1) is 12.3 Å². The summed E-state index contributed by atoms with van der Waals surface area (Å²) >= 11 is 7.51. The molecule has 0 radical (unpaired) electrons. The predicted octanol–water partition coefficient (Wildman–Crippen LogP) is 4.32. The van der Waals surface area contributed by atoms with Crippen molar-refractivity contribution in [1.82, 2.24) is 10.3 Å². The molecule has 1 amide bonds. The van der Waals surface area contributed by atoms with Crippen molar-refractivity contribution in [2.24, 2.45) is 11.1 Å². The molecule has 0 bridgehead atoms. The number of nitrogens with zero attached hydrogens (tertiary/aromatic N) is 1. The van der Waals surface area contributed by atoms with Crippen LogP contribution in [0.25, 0.3) is 10.6 Å². The highest BCUT2D eigenvalue weighted by Gasteiger charge is 2.29. The molecule has 24 heavy (non-hydrogen) atoms. The second kappa shape index (κ2) is 7.21. The molecule has 1 aromatic carbocycles. The number of hydrogen-bond donors (Lipinski definition) is 2. The Morgan fingerprint density at radius 3 is 2.42 bits per heavy atom.